The Hall–Kier alpha value is -2.96. The van der Waals surface area contributed by atoms with Gasteiger partial charge in [0.25, 0.3) is 5.69 Å². The largest absolute Gasteiger partial charge is 0.463 e. The summed E-state index contributed by atoms with van der Waals surface area (Å²) < 4.78 is 5.24. The fraction of sp³-hybridized carbons (Fsp3) is 0.429. The maximum atomic E-state index is 13.3. The quantitative estimate of drug-likeness (QED) is 0.482. The Morgan fingerprint density at radius 2 is 2.11 bits per heavy atom. The normalized spacial score (nSPS) is 21.1. The van der Waals surface area contributed by atoms with Gasteiger partial charge in [-0.3, -0.25) is 14.9 Å². The molecule has 0 fully saturated rings. The van der Waals surface area contributed by atoms with Crippen LogP contribution in [0.4, 0.5) is 5.69 Å². The highest BCUT2D eigenvalue weighted by molar-refractivity contribution is 6.06. The van der Waals surface area contributed by atoms with Gasteiger partial charge in [-0.1, -0.05) is 26.0 Å². The summed E-state index contributed by atoms with van der Waals surface area (Å²) in [6, 6.07) is 6.12. The first-order valence-electron chi connectivity index (χ1n) is 9.34. The van der Waals surface area contributed by atoms with Crippen molar-refractivity contribution in [3.8, 4) is 0 Å². The lowest BCUT2D eigenvalue weighted by Gasteiger charge is -2.39. The maximum absolute atomic E-state index is 13.3. The summed E-state index contributed by atoms with van der Waals surface area (Å²) in [5.74, 6) is -1.26. The molecule has 1 atom stereocenters. The molecule has 2 aliphatic rings. The molecule has 0 saturated heterocycles. The van der Waals surface area contributed by atoms with E-state index in [-0.39, 0.29) is 18.1 Å². The molecule has 7 nitrogen and oxygen atoms in total. The SMILES string of the molecule is CCOC(=O)C1=C(C)NC2=C(C(=O)C(C)(C)CC2)C1c1cccc([N+](=O)[O-])c1. The molecule has 1 aromatic rings. The number of Topliss-reactive ketones (excluding diaryl/α,β-unsaturated/α-hetero) is 1. The average Bonchev–Trinajstić information content (AvgIpc) is 2.64. The highest BCUT2D eigenvalue weighted by Gasteiger charge is 2.45. The highest BCUT2D eigenvalue weighted by atomic mass is 16.6. The standard InChI is InChI=1S/C21H24N2O5/c1-5-28-20(25)16-12(2)22-15-9-10-21(3,4)19(24)18(15)17(16)13-7-6-8-14(11-13)23(26)27/h6-8,11,17,22H,5,9-10H2,1-4H3. The van der Waals surface area contributed by atoms with Crippen LogP contribution in [0.15, 0.2) is 46.8 Å². The number of nitrogens with zero attached hydrogens (tertiary/aromatic N) is 1. The first-order valence-corrected chi connectivity index (χ1v) is 9.34. The Morgan fingerprint density at radius 3 is 2.75 bits per heavy atom. The third-order valence-electron chi connectivity index (χ3n) is 5.41. The molecule has 1 aliphatic carbocycles. The number of dihydropyridines is 1. The van der Waals surface area contributed by atoms with Crippen molar-refractivity contribution < 1.29 is 19.2 Å². The van der Waals surface area contributed by atoms with Gasteiger partial charge in [-0.05, 0) is 32.3 Å². The third kappa shape index (κ3) is 3.32. The van der Waals surface area contributed by atoms with Gasteiger partial charge in [-0.15, -0.1) is 0 Å². The molecule has 0 aromatic heterocycles. The predicted octanol–water partition coefficient (Wildman–Crippen LogP) is 3.76. The van der Waals surface area contributed by atoms with E-state index in [0.29, 0.717) is 35.2 Å². The molecule has 0 saturated carbocycles. The lowest BCUT2D eigenvalue weighted by atomic mass is 9.67. The number of carbonyl (C=O) groups is 2. The zero-order chi connectivity index (χ0) is 20.6. The number of nitro benzene ring substituents is 1. The number of ether oxygens (including phenoxy) is 1. The van der Waals surface area contributed by atoms with Crippen molar-refractivity contribution in [2.45, 2.75) is 46.5 Å². The van der Waals surface area contributed by atoms with Crippen molar-refractivity contribution in [3.05, 3.63) is 62.5 Å². The summed E-state index contributed by atoms with van der Waals surface area (Å²) in [6.07, 6.45) is 1.37. The second-order valence-corrected chi connectivity index (χ2v) is 7.77. The Balaban J connectivity index is 2.23. The molecule has 1 aromatic carbocycles. The number of ketones is 1. The van der Waals surface area contributed by atoms with E-state index >= 15 is 0 Å². The van der Waals surface area contributed by atoms with Crippen LogP contribution in [-0.2, 0) is 14.3 Å². The van der Waals surface area contributed by atoms with Crippen LogP contribution in [0, 0.1) is 15.5 Å². The van der Waals surface area contributed by atoms with Gasteiger partial charge in [0.05, 0.1) is 17.1 Å². The Bertz CT molecular complexity index is 926. The molecule has 0 amide bonds. The number of esters is 1. The van der Waals surface area contributed by atoms with Gasteiger partial charge >= 0.3 is 5.97 Å². The van der Waals surface area contributed by atoms with Crippen molar-refractivity contribution in [1.29, 1.82) is 0 Å². The number of rotatable bonds is 4. The molecule has 28 heavy (non-hydrogen) atoms. The van der Waals surface area contributed by atoms with Gasteiger partial charge in [-0.25, -0.2) is 4.79 Å². The van der Waals surface area contributed by atoms with Crippen molar-refractivity contribution in [2.24, 2.45) is 5.41 Å². The van der Waals surface area contributed by atoms with Crippen LogP contribution in [0.25, 0.3) is 0 Å². The minimum atomic E-state index is -0.692. The lowest BCUT2D eigenvalue weighted by Crippen LogP contribution is -2.40. The summed E-state index contributed by atoms with van der Waals surface area (Å²) in [7, 11) is 0. The molecular formula is C21H24N2O5. The van der Waals surface area contributed by atoms with Crippen molar-refractivity contribution in [3.63, 3.8) is 0 Å². The van der Waals surface area contributed by atoms with Gasteiger partial charge in [-0.2, -0.15) is 0 Å². The first kappa shape index (κ1) is 19.8. The molecule has 148 valence electrons. The van der Waals surface area contributed by atoms with Gasteiger partial charge in [0.2, 0.25) is 0 Å². The molecular weight excluding hydrogens is 360 g/mol. The molecule has 1 unspecified atom stereocenters. The second kappa shape index (κ2) is 7.22. The number of carbonyl (C=O) groups excluding carboxylic acids is 2. The maximum Gasteiger partial charge on any atom is 0.336 e. The van der Waals surface area contributed by atoms with E-state index in [1.54, 1.807) is 26.0 Å². The zero-order valence-electron chi connectivity index (χ0n) is 16.5. The molecule has 3 rings (SSSR count). The molecule has 1 aliphatic heterocycles. The van der Waals surface area contributed by atoms with E-state index in [1.165, 1.54) is 12.1 Å². The van der Waals surface area contributed by atoms with E-state index < -0.39 is 22.2 Å². The van der Waals surface area contributed by atoms with Crippen molar-refractivity contribution in [2.75, 3.05) is 6.61 Å². The predicted molar refractivity (Wildman–Crippen MR) is 103 cm³/mol. The summed E-state index contributed by atoms with van der Waals surface area (Å²) in [4.78, 5) is 36.9. The number of nitro groups is 1. The van der Waals surface area contributed by atoms with Crippen LogP contribution in [0.3, 0.4) is 0 Å². The fourth-order valence-electron chi connectivity index (χ4n) is 3.91. The Morgan fingerprint density at radius 1 is 1.39 bits per heavy atom. The van der Waals surface area contributed by atoms with Crippen LogP contribution >= 0.6 is 0 Å². The Kier molecular flexibility index (Phi) is 5.10. The minimum absolute atomic E-state index is 0.0490. The minimum Gasteiger partial charge on any atom is -0.463 e. The van der Waals surface area contributed by atoms with Crippen LogP contribution in [-0.4, -0.2) is 23.3 Å². The summed E-state index contributed by atoms with van der Waals surface area (Å²) in [5.41, 5.74) is 2.12. The van der Waals surface area contributed by atoms with E-state index in [0.717, 1.165) is 5.70 Å². The zero-order valence-corrected chi connectivity index (χ0v) is 16.5. The number of nitrogens with one attached hydrogen (secondary N) is 1. The molecule has 0 spiro atoms. The second-order valence-electron chi connectivity index (χ2n) is 7.77. The first-order chi connectivity index (χ1) is 13.2. The summed E-state index contributed by atoms with van der Waals surface area (Å²) in [5, 5.41) is 14.5. The number of allylic oxidation sites excluding steroid dienone is 3. The number of benzene rings is 1. The van der Waals surface area contributed by atoms with Gasteiger partial charge in [0, 0.05) is 40.4 Å². The van der Waals surface area contributed by atoms with E-state index in [9.17, 15) is 19.7 Å². The van der Waals surface area contributed by atoms with Crippen molar-refractivity contribution in [1.82, 2.24) is 5.32 Å². The van der Waals surface area contributed by atoms with E-state index in [4.69, 9.17) is 4.74 Å². The number of non-ortho nitro benzene ring substituents is 1. The topological polar surface area (TPSA) is 98.5 Å². The average molecular weight is 384 g/mol. The van der Waals surface area contributed by atoms with Gasteiger partial charge in [0.15, 0.2) is 5.78 Å². The van der Waals surface area contributed by atoms with Crippen LogP contribution in [0.5, 0.6) is 0 Å². The monoisotopic (exact) mass is 384 g/mol. The summed E-state index contributed by atoms with van der Waals surface area (Å²) in [6.45, 7) is 7.46. The molecule has 1 heterocycles. The molecule has 1 N–H and O–H groups in total. The Labute approximate surface area is 163 Å². The highest BCUT2D eigenvalue weighted by Crippen LogP contribution is 2.47. The summed E-state index contributed by atoms with van der Waals surface area (Å²) >= 11 is 0. The molecule has 0 bridgehead atoms. The number of hydrogen-bond donors (Lipinski definition) is 1. The fourth-order valence-corrected chi connectivity index (χ4v) is 3.91. The van der Waals surface area contributed by atoms with Crippen LogP contribution in [0.1, 0.15) is 52.0 Å². The van der Waals surface area contributed by atoms with E-state index in [1.807, 2.05) is 13.8 Å². The van der Waals surface area contributed by atoms with Gasteiger partial charge in [0.1, 0.15) is 0 Å². The molecule has 0 radical (unpaired) electrons. The third-order valence-corrected chi connectivity index (χ3v) is 5.41. The smallest absolute Gasteiger partial charge is 0.336 e. The lowest BCUT2D eigenvalue weighted by molar-refractivity contribution is -0.384. The number of hydrogen-bond acceptors (Lipinski definition) is 6. The van der Waals surface area contributed by atoms with Crippen LogP contribution < -0.4 is 5.32 Å². The van der Waals surface area contributed by atoms with E-state index in [2.05, 4.69) is 5.32 Å². The van der Waals surface area contributed by atoms with Crippen LogP contribution in [0.2, 0.25) is 0 Å². The van der Waals surface area contributed by atoms with Crippen molar-refractivity contribution >= 4 is 17.4 Å². The molecule has 7 heteroatoms. The van der Waals surface area contributed by atoms with Gasteiger partial charge < -0.3 is 10.1 Å².